The third kappa shape index (κ3) is 13.2. The SMILES string of the molecule is Cl.Cl.NCC(C(=O)Nc1ccc2cnccc2c1)c1ccc(COC(=O)CCC/C=C\C[C@@H]2[C@@H](CCC(O)CCc3ccccc3)[C@H](O)C[C@@H]2O)cc1. The number of rotatable bonds is 18. The van der Waals surface area contributed by atoms with Gasteiger partial charge in [-0.15, -0.1) is 24.8 Å². The molecule has 1 amide bonds. The number of hydrogen-bond acceptors (Lipinski definition) is 8. The molecule has 6 N–H and O–H groups in total. The van der Waals surface area contributed by atoms with Gasteiger partial charge in [-0.2, -0.15) is 0 Å². The maximum absolute atomic E-state index is 13.1. The van der Waals surface area contributed by atoms with Crippen LogP contribution in [0.5, 0.6) is 0 Å². The van der Waals surface area contributed by atoms with Crippen LogP contribution in [0.3, 0.4) is 0 Å². The van der Waals surface area contributed by atoms with Gasteiger partial charge in [0.2, 0.25) is 5.91 Å². The quantitative estimate of drug-likeness (QED) is 0.0410. The lowest BCUT2D eigenvalue weighted by molar-refractivity contribution is -0.145. The van der Waals surface area contributed by atoms with Crippen molar-refractivity contribution in [1.82, 2.24) is 4.98 Å². The molecule has 0 spiro atoms. The normalized spacial score (nSPS) is 19.2. The van der Waals surface area contributed by atoms with Crippen molar-refractivity contribution in [3.05, 3.63) is 120 Å². The molecule has 0 saturated heterocycles. The fourth-order valence-corrected chi connectivity index (χ4v) is 7.02. The number of unbranched alkanes of at least 4 members (excludes halogenated alkanes) is 1. The van der Waals surface area contributed by atoms with E-state index in [0.717, 1.165) is 28.3 Å². The minimum Gasteiger partial charge on any atom is -0.461 e. The summed E-state index contributed by atoms with van der Waals surface area (Å²) >= 11 is 0. The van der Waals surface area contributed by atoms with Crippen LogP contribution in [0.4, 0.5) is 5.69 Å². The van der Waals surface area contributed by atoms with Gasteiger partial charge in [0.15, 0.2) is 0 Å². The van der Waals surface area contributed by atoms with E-state index in [1.54, 1.807) is 12.4 Å². The predicted molar refractivity (Wildman–Crippen MR) is 214 cm³/mol. The van der Waals surface area contributed by atoms with Gasteiger partial charge in [0.25, 0.3) is 0 Å². The number of allylic oxidation sites excluding steroid dienone is 2. The minimum atomic E-state index is -0.563. The number of carbonyl (C=O) groups excluding carboxylic acids is 2. The van der Waals surface area contributed by atoms with Gasteiger partial charge in [-0.3, -0.25) is 14.6 Å². The molecule has 5 rings (SSSR count). The molecule has 1 fully saturated rings. The second kappa shape index (κ2) is 22.4. The van der Waals surface area contributed by atoms with Gasteiger partial charge in [0.1, 0.15) is 6.61 Å². The van der Waals surface area contributed by atoms with Gasteiger partial charge in [-0.25, -0.2) is 0 Å². The number of anilines is 1. The number of halogens is 2. The predicted octanol–water partition coefficient (Wildman–Crippen LogP) is 7.05. The Morgan fingerprint density at radius 1 is 0.906 bits per heavy atom. The fourth-order valence-electron chi connectivity index (χ4n) is 7.02. The van der Waals surface area contributed by atoms with E-state index in [-0.39, 0.29) is 68.1 Å². The third-order valence-corrected chi connectivity index (χ3v) is 10.0. The summed E-state index contributed by atoms with van der Waals surface area (Å²) in [4.78, 5) is 29.6. The van der Waals surface area contributed by atoms with E-state index in [0.29, 0.717) is 50.6 Å². The molecule has 1 saturated carbocycles. The molecule has 286 valence electrons. The number of nitrogens with zero attached hydrogens (tertiary/aromatic N) is 1. The maximum atomic E-state index is 13.1. The van der Waals surface area contributed by atoms with E-state index in [9.17, 15) is 24.9 Å². The summed E-state index contributed by atoms with van der Waals surface area (Å²) in [7, 11) is 0. The molecule has 9 nitrogen and oxygen atoms in total. The Morgan fingerprint density at radius 2 is 1.66 bits per heavy atom. The first-order valence-electron chi connectivity index (χ1n) is 18.1. The van der Waals surface area contributed by atoms with Crippen molar-refractivity contribution in [3.8, 4) is 0 Å². The zero-order chi connectivity index (χ0) is 36.0. The van der Waals surface area contributed by atoms with E-state index in [1.165, 1.54) is 5.56 Å². The number of esters is 1. The van der Waals surface area contributed by atoms with Crippen molar-refractivity contribution in [2.75, 3.05) is 11.9 Å². The van der Waals surface area contributed by atoms with Crippen LogP contribution in [-0.2, 0) is 27.4 Å². The summed E-state index contributed by atoms with van der Waals surface area (Å²) in [5, 5.41) is 36.7. The number of pyridine rings is 1. The molecular formula is C42H53Cl2N3O6. The van der Waals surface area contributed by atoms with Crippen LogP contribution in [-0.4, -0.2) is 57.0 Å². The number of nitrogens with two attached hydrogens (primary N) is 1. The minimum absolute atomic E-state index is 0. The maximum Gasteiger partial charge on any atom is 0.306 e. The summed E-state index contributed by atoms with van der Waals surface area (Å²) in [6.45, 7) is 0.292. The van der Waals surface area contributed by atoms with Crippen molar-refractivity contribution in [2.24, 2.45) is 17.6 Å². The fraction of sp³-hybridized carbons (Fsp3) is 0.405. The van der Waals surface area contributed by atoms with Gasteiger partial charge in [-0.05, 0) is 103 Å². The molecule has 4 aromatic rings. The Bertz CT molecular complexity index is 1730. The zero-order valence-electron chi connectivity index (χ0n) is 30.0. The van der Waals surface area contributed by atoms with Crippen molar-refractivity contribution >= 4 is 53.2 Å². The summed E-state index contributed by atoms with van der Waals surface area (Å²) in [5.41, 5.74) is 9.48. The molecule has 0 aliphatic heterocycles. The van der Waals surface area contributed by atoms with Gasteiger partial charge in [0, 0.05) is 36.4 Å². The lowest BCUT2D eigenvalue weighted by atomic mass is 9.85. The lowest BCUT2D eigenvalue weighted by Crippen LogP contribution is -2.27. The van der Waals surface area contributed by atoms with Crippen LogP contribution in [0, 0.1) is 11.8 Å². The molecule has 1 aromatic heterocycles. The summed E-state index contributed by atoms with van der Waals surface area (Å²) in [5.74, 6) is -1.10. The van der Waals surface area contributed by atoms with Crippen LogP contribution in [0.25, 0.3) is 10.8 Å². The van der Waals surface area contributed by atoms with Crippen LogP contribution in [0.15, 0.2) is 103 Å². The van der Waals surface area contributed by atoms with Gasteiger partial charge in [-0.1, -0.05) is 72.8 Å². The van der Waals surface area contributed by atoms with E-state index in [4.69, 9.17) is 10.5 Å². The van der Waals surface area contributed by atoms with Crippen molar-refractivity contribution in [3.63, 3.8) is 0 Å². The van der Waals surface area contributed by atoms with Crippen LogP contribution in [0.1, 0.15) is 74.0 Å². The van der Waals surface area contributed by atoms with Crippen LogP contribution >= 0.6 is 24.8 Å². The topological polar surface area (TPSA) is 155 Å². The highest BCUT2D eigenvalue weighted by Crippen LogP contribution is 2.38. The van der Waals surface area contributed by atoms with Crippen molar-refractivity contribution < 1.29 is 29.6 Å². The largest absolute Gasteiger partial charge is 0.461 e. The standard InChI is InChI=1S/C42H51N3O6.2ClH/c43-26-38(42(50)45-34-18-17-33-27-44-23-22-32(33)24-34)31-15-12-30(13-16-31)28-51-41(49)11-7-2-1-6-10-36-37(40(48)25-39(36)47)21-20-35(46)19-14-29-8-4-3-5-9-29;;/h1,3-6,8-9,12-13,15-18,22-24,27,35-40,46-48H,2,7,10-11,14,19-21,25-26,28,43H2,(H,45,50);2*1H/b6-1-;;/t35?,36-,37-,38?,39+,40-;;/m1../s1. The second-order valence-electron chi connectivity index (χ2n) is 13.7. The van der Waals surface area contributed by atoms with Crippen molar-refractivity contribution in [2.45, 2.75) is 88.6 Å². The van der Waals surface area contributed by atoms with Gasteiger partial charge in [0.05, 0.1) is 24.2 Å². The highest BCUT2D eigenvalue weighted by molar-refractivity contribution is 5.98. The molecule has 3 aromatic carbocycles. The average Bonchev–Trinajstić information content (AvgIpc) is 3.42. The number of benzene rings is 3. The Kier molecular flexibility index (Phi) is 18.4. The molecule has 2 unspecified atom stereocenters. The molecule has 1 heterocycles. The number of aryl methyl sites for hydroxylation is 1. The van der Waals surface area contributed by atoms with Crippen LogP contribution < -0.4 is 11.1 Å². The van der Waals surface area contributed by atoms with E-state index in [1.807, 2.05) is 78.9 Å². The first-order valence-corrected chi connectivity index (χ1v) is 18.1. The number of aromatic nitrogens is 1. The number of aliphatic hydroxyl groups excluding tert-OH is 3. The van der Waals surface area contributed by atoms with E-state index < -0.39 is 24.2 Å². The third-order valence-electron chi connectivity index (χ3n) is 10.0. The number of nitrogens with one attached hydrogen (secondary N) is 1. The van der Waals surface area contributed by atoms with Gasteiger partial charge >= 0.3 is 5.97 Å². The first kappa shape index (κ1) is 43.6. The smallest absolute Gasteiger partial charge is 0.306 e. The molecule has 1 aliphatic carbocycles. The molecule has 0 radical (unpaired) electrons. The second-order valence-corrected chi connectivity index (χ2v) is 13.7. The highest BCUT2D eigenvalue weighted by Gasteiger charge is 2.40. The van der Waals surface area contributed by atoms with Crippen molar-refractivity contribution in [1.29, 1.82) is 0 Å². The molecule has 0 bridgehead atoms. The highest BCUT2D eigenvalue weighted by atomic mass is 35.5. The summed E-state index contributed by atoms with van der Waals surface area (Å²) < 4.78 is 5.48. The number of carbonyl (C=O) groups is 2. The molecular weight excluding hydrogens is 713 g/mol. The Balaban J connectivity index is 0.00000378. The molecule has 1 aliphatic rings. The number of hydrogen-bond donors (Lipinski definition) is 5. The monoisotopic (exact) mass is 765 g/mol. The van der Waals surface area contributed by atoms with Crippen LogP contribution in [0.2, 0.25) is 0 Å². The molecule has 6 atom stereocenters. The Morgan fingerprint density at radius 3 is 2.42 bits per heavy atom. The first-order chi connectivity index (χ1) is 24.8. The summed E-state index contributed by atoms with van der Waals surface area (Å²) in [6.07, 6.45) is 11.4. The molecule has 11 heteroatoms. The average molecular weight is 767 g/mol. The number of fused-ring (bicyclic) bond motifs is 1. The number of amides is 1. The van der Waals surface area contributed by atoms with E-state index in [2.05, 4.69) is 22.4 Å². The Labute approximate surface area is 324 Å². The molecule has 53 heavy (non-hydrogen) atoms. The zero-order valence-corrected chi connectivity index (χ0v) is 31.6. The number of ether oxygens (including phenoxy) is 1. The number of aliphatic hydroxyl groups is 3. The Hall–Kier alpha value is -3.83. The van der Waals surface area contributed by atoms with Gasteiger partial charge < -0.3 is 31.1 Å². The van der Waals surface area contributed by atoms with E-state index >= 15 is 0 Å². The summed E-state index contributed by atoms with van der Waals surface area (Å²) in [6, 6.07) is 25.0. The lowest BCUT2D eigenvalue weighted by Gasteiger charge is -2.23.